The lowest BCUT2D eigenvalue weighted by atomic mass is 10.1. The van der Waals surface area contributed by atoms with E-state index in [2.05, 4.69) is 20.9 Å². The van der Waals surface area contributed by atoms with Crippen molar-refractivity contribution in [3.05, 3.63) is 42.4 Å². The molecule has 2 aromatic heterocycles. The lowest BCUT2D eigenvalue weighted by Crippen LogP contribution is -2.35. The first kappa shape index (κ1) is 18.2. The number of hydrogen-bond acceptors (Lipinski definition) is 9. The molecule has 0 amide bonds. The molecule has 0 aliphatic carbocycles. The summed E-state index contributed by atoms with van der Waals surface area (Å²) >= 11 is 0. The van der Waals surface area contributed by atoms with Gasteiger partial charge in [-0.1, -0.05) is 0 Å². The van der Waals surface area contributed by atoms with Crippen LogP contribution in [0.15, 0.2) is 41.6 Å². The Morgan fingerprint density at radius 3 is 2.50 bits per heavy atom. The van der Waals surface area contributed by atoms with Crippen molar-refractivity contribution in [2.24, 2.45) is 5.14 Å². The van der Waals surface area contributed by atoms with Crippen LogP contribution in [-0.4, -0.2) is 32.6 Å². The van der Waals surface area contributed by atoms with Gasteiger partial charge in [0.25, 0.3) is 0 Å². The monoisotopic (exact) mass is 402 g/mol. The highest BCUT2D eigenvalue weighted by Crippen LogP contribution is 2.40. The molecule has 0 atom stereocenters. The van der Waals surface area contributed by atoms with Crippen LogP contribution in [0.3, 0.4) is 0 Å². The van der Waals surface area contributed by atoms with Crippen molar-refractivity contribution in [1.82, 2.24) is 15.5 Å². The number of nitrogens with two attached hydrogens (primary N) is 1. The minimum absolute atomic E-state index is 0.0318. The number of primary sulfonamides is 1. The third-order valence-electron chi connectivity index (χ3n) is 4.39. The minimum atomic E-state index is -3.78. The lowest BCUT2D eigenvalue weighted by Gasteiger charge is -2.19. The van der Waals surface area contributed by atoms with Crippen molar-refractivity contribution >= 4 is 32.3 Å². The van der Waals surface area contributed by atoms with Crippen LogP contribution in [0.2, 0.25) is 0 Å². The number of anilines is 2. The molecule has 1 aliphatic rings. The molecule has 0 bridgehead atoms. The molecule has 0 fully saturated rings. The van der Waals surface area contributed by atoms with Crippen LogP contribution < -0.4 is 30.6 Å². The largest absolute Gasteiger partial charge is 0.493 e. The Labute approximate surface area is 161 Å². The molecule has 0 saturated heterocycles. The molecule has 0 unspecified atom stereocenters. The van der Waals surface area contributed by atoms with Crippen molar-refractivity contribution in [2.75, 3.05) is 24.7 Å². The number of aromatic nitrogens is 2. The maximum absolute atomic E-state index is 11.4. The van der Waals surface area contributed by atoms with Gasteiger partial charge in [-0.25, -0.2) is 13.6 Å². The average Bonchev–Trinajstić information content (AvgIpc) is 3.09. The third-order valence-corrected chi connectivity index (χ3v) is 5.29. The second-order valence-electron chi connectivity index (χ2n) is 6.10. The zero-order valence-corrected chi connectivity index (χ0v) is 15.9. The van der Waals surface area contributed by atoms with Gasteiger partial charge in [0.1, 0.15) is 4.90 Å². The Kier molecular flexibility index (Phi) is 4.41. The van der Waals surface area contributed by atoms with Crippen molar-refractivity contribution in [1.29, 1.82) is 0 Å². The molecule has 11 heteroatoms. The second-order valence-corrected chi connectivity index (χ2v) is 7.66. The van der Waals surface area contributed by atoms with E-state index in [1.165, 1.54) is 12.3 Å². The van der Waals surface area contributed by atoms with Crippen LogP contribution in [-0.2, 0) is 16.6 Å². The molecule has 0 spiro atoms. The highest BCUT2D eigenvalue weighted by molar-refractivity contribution is 7.89. The van der Waals surface area contributed by atoms with Crippen molar-refractivity contribution < 1.29 is 17.9 Å². The fraction of sp³-hybridized carbons (Fsp3) is 0.176. The van der Waals surface area contributed by atoms with Gasteiger partial charge in [-0.2, -0.15) is 0 Å². The molecule has 0 radical (unpaired) electrons. The number of nitrogens with zero attached hydrogens (tertiary/aromatic N) is 3. The van der Waals surface area contributed by atoms with E-state index in [1.54, 1.807) is 26.5 Å². The maximum Gasteiger partial charge on any atom is 0.239 e. The Balaban J connectivity index is 1.72. The predicted octanol–water partition coefficient (Wildman–Crippen LogP) is 1.15. The number of fused-ring (bicyclic) bond motifs is 3. The number of nitrogens with one attached hydrogen (secondary N) is 2. The normalized spacial score (nSPS) is 13.3. The summed E-state index contributed by atoms with van der Waals surface area (Å²) in [5.41, 5.74) is 9.17. The summed E-state index contributed by atoms with van der Waals surface area (Å²) in [6.07, 6.45) is 2.96. The van der Waals surface area contributed by atoms with Gasteiger partial charge in [-0.05, 0) is 18.2 Å². The van der Waals surface area contributed by atoms with Gasteiger partial charge in [0.2, 0.25) is 10.0 Å². The first-order chi connectivity index (χ1) is 13.4. The van der Waals surface area contributed by atoms with Gasteiger partial charge in [0.15, 0.2) is 11.5 Å². The molecule has 146 valence electrons. The molecular weight excluding hydrogens is 384 g/mol. The van der Waals surface area contributed by atoms with Crippen LogP contribution in [0, 0.1) is 0 Å². The standard InChI is InChI=1S/C17H18N6O4S/c1-26-15-5-12-13(6-16(15)27-2)20-8-14-17(12)23(22-21-14)9-10-3-4-11(7-19-10)28(18,24)25/h3-8,21-22H,9H2,1-2H3,(H2,18,24,25). The SMILES string of the molecule is COc1cc2ncc3c(c2cc1OC)N(Cc1ccc(S(N)(=O)=O)cn1)NN3. The second kappa shape index (κ2) is 6.78. The van der Waals surface area contributed by atoms with E-state index in [1.807, 2.05) is 17.1 Å². The van der Waals surface area contributed by atoms with E-state index < -0.39 is 10.0 Å². The number of sulfonamides is 1. The maximum atomic E-state index is 11.4. The average molecular weight is 402 g/mol. The van der Waals surface area contributed by atoms with E-state index >= 15 is 0 Å². The van der Waals surface area contributed by atoms with Crippen molar-refractivity contribution in [2.45, 2.75) is 11.4 Å². The van der Waals surface area contributed by atoms with E-state index in [0.717, 1.165) is 22.3 Å². The summed E-state index contributed by atoms with van der Waals surface area (Å²) < 4.78 is 33.5. The number of methoxy groups -OCH3 is 2. The predicted molar refractivity (Wildman–Crippen MR) is 103 cm³/mol. The molecule has 28 heavy (non-hydrogen) atoms. The van der Waals surface area contributed by atoms with Gasteiger partial charge in [-0.3, -0.25) is 15.0 Å². The topological polar surface area (TPSA) is 132 Å². The van der Waals surface area contributed by atoms with Gasteiger partial charge in [-0.15, -0.1) is 5.53 Å². The van der Waals surface area contributed by atoms with Crippen LogP contribution >= 0.6 is 0 Å². The number of rotatable bonds is 5. The zero-order valence-electron chi connectivity index (χ0n) is 15.1. The van der Waals surface area contributed by atoms with Gasteiger partial charge >= 0.3 is 0 Å². The molecular formula is C17H18N6O4S. The number of benzene rings is 1. The Hall–Kier alpha value is -3.15. The molecule has 1 aliphatic heterocycles. The molecule has 4 rings (SSSR count). The smallest absolute Gasteiger partial charge is 0.239 e. The van der Waals surface area contributed by atoms with Crippen molar-refractivity contribution in [3.63, 3.8) is 0 Å². The fourth-order valence-electron chi connectivity index (χ4n) is 3.02. The van der Waals surface area contributed by atoms with Gasteiger partial charge in [0, 0.05) is 17.6 Å². The van der Waals surface area contributed by atoms with E-state index in [-0.39, 0.29) is 4.90 Å². The fourth-order valence-corrected chi connectivity index (χ4v) is 3.48. The zero-order chi connectivity index (χ0) is 19.9. The van der Waals surface area contributed by atoms with E-state index in [0.29, 0.717) is 23.7 Å². The molecule has 3 heterocycles. The lowest BCUT2D eigenvalue weighted by molar-refractivity contribution is 0.356. The van der Waals surface area contributed by atoms with Crippen molar-refractivity contribution in [3.8, 4) is 11.5 Å². The number of hydrogen-bond donors (Lipinski definition) is 3. The Morgan fingerprint density at radius 2 is 1.86 bits per heavy atom. The third kappa shape index (κ3) is 3.15. The molecule has 10 nitrogen and oxygen atoms in total. The number of pyridine rings is 2. The first-order valence-electron chi connectivity index (χ1n) is 8.22. The summed E-state index contributed by atoms with van der Waals surface area (Å²) in [5, 5.41) is 7.82. The molecule has 3 aromatic rings. The quantitative estimate of drug-likeness (QED) is 0.575. The minimum Gasteiger partial charge on any atom is -0.493 e. The number of hydrazine groups is 2. The number of ether oxygens (including phenoxy) is 2. The van der Waals surface area contributed by atoms with Crippen LogP contribution in [0.5, 0.6) is 11.5 Å². The molecule has 4 N–H and O–H groups in total. The molecule has 0 saturated carbocycles. The molecule has 1 aromatic carbocycles. The summed E-state index contributed by atoms with van der Waals surface area (Å²) in [4.78, 5) is 8.62. The van der Waals surface area contributed by atoms with Gasteiger partial charge < -0.3 is 14.9 Å². The summed E-state index contributed by atoms with van der Waals surface area (Å²) in [7, 11) is -0.629. The van der Waals surface area contributed by atoms with Crippen LogP contribution in [0.4, 0.5) is 11.4 Å². The van der Waals surface area contributed by atoms with Crippen LogP contribution in [0.1, 0.15) is 5.69 Å². The van der Waals surface area contributed by atoms with Crippen LogP contribution in [0.25, 0.3) is 10.9 Å². The van der Waals surface area contributed by atoms with E-state index in [4.69, 9.17) is 14.6 Å². The Bertz CT molecular complexity index is 1150. The van der Waals surface area contributed by atoms with E-state index in [9.17, 15) is 8.42 Å². The Morgan fingerprint density at radius 1 is 1.11 bits per heavy atom. The van der Waals surface area contributed by atoms with Gasteiger partial charge in [0.05, 0.1) is 49.5 Å². The summed E-state index contributed by atoms with van der Waals surface area (Å²) in [6, 6.07) is 6.72. The summed E-state index contributed by atoms with van der Waals surface area (Å²) in [5.74, 6) is 1.18. The first-order valence-corrected chi connectivity index (χ1v) is 9.77. The highest BCUT2D eigenvalue weighted by atomic mass is 32.2. The highest BCUT2D eigenvalue weighted by Gasteiger charge is 2.24. The summed E-state index contributed by atoms with van der Waals surface area (Å²) in [6.45, 7) is 0.373.